The van der Waals surface area contributed by atoms with E-state index in [0.29, 0.717) is 0 Å². The Kier molecular flexibility index (Phi) is 4.19. The molecule has 3 rings (SSSR count). The van der Waals surface area contributed by atoms with Gasteiger partial charge in [0.05, 0.1) is 16.6 Å². The van der Waals surface area contributed by atoms with Crippen molar-refractivity contribution in [2.24, 2.45) is 5.10 Å². The third-order valence-electron chi connectivity index (χ3n) is 2.72. The number of rotatable bonds is 2. The van der Waals surface area contributed by atoms with Crippen molar-refractivity contribution in [1.29, 1.82) is 0 Å². The number of halogens is 1. The molecule has 94 valence electrons. The molecule has 4 nitrogen and oxygen atoms in total. The maximum atomic E-state index is 4.67. The fourth-order valence-electron chi connectivity index (χ4n) is 1.80. The highest BCUT2D eigenvalue weighted by Gasteiger charge is 2.25. The number of thioether (sulfide) groups is 1. The zero-order valence-corrected chi connectivity index (χ0v) is 12.3. The molecule has 0 aliphatic carbocycles. The largest absolute Gasteiger partial charge is 1.00 e. The Balaban J connectivity index is 0.00000120. The van der Waals surface area contributed by atoms with Crippen LogP contribution in [0.3, 0.4) is 0 Å². The Morgan fingerprint density at radius 3 is 2.83 bits per heavy atom. The van der Waals surface area contributed by atoms with E-state index in [2.05, 4.69) is 34.4 Å². The number of benzene rings is 1. The maximum Gasteiger partial charge on any atom is 0.360 e. The Morgan fingerprint density at radius 2 is 2.11 bits per heavy atom. The summed E-state index contributed by atoms with van der Waals surface area (Å²) in [5.41, 5.74) is 2.28. The van der Waals surface area contributed by atoms with E-state index in [0.717, 1.165) is 28.9 Å². The van der Waals surface area contributed by atoms with Crippen LogP contribution in [0.4, 0.5) is 0 Å². The fraction of sp³-hybridized carbons (Fsp3) is 0.250. The molecule has 1 N–H and O–H groups in total. The molecule has 2 heterocycles. The summed E-state index contributed by atoms with van der Waals surface area (Å²) >= 11 is 1.72. The van der Waals surface area contributed by atoms with Crippen LogP contribution in [0, 0.1) is 0 Å². The van der Waals surface area contributed by atoms with Crippen molar-refractivity contribution in [2.45, 2.75) is 18.5 Å². The molecule has 0 fully saturated rings. The summed E-state index contributed by atoms with van der Waals surface area (Å²) in [5, 5.41) is 12.9. The van der Waals surface area contributed by atoms with Gasteiger partial charge in [-0.05, 0) is 17.3 Å². The van der Waals surface area contributed by atoms with E-state index in [9.17, 15) is 0 Å². The van der Waals surface area contributed by atoms with E-state index in [1.807, 2.05) is 22.9 Å². The number of nitrogens with zero attached hydrogens (tertiary/aromatic N) is 3. The van der Waals surface area contributed by atoms with Gasteiger partial charge in [-0.3, -0.25) is 0 Å². The van der Waals surface area contributed by atoms with E-state index < -0.39 is 0 Å². The number of hydrogen-bond donors (Lipinski definition) is 1. The maximum absolute atomic E-state index is 4.67. The summed E-state index contributed by atoms with van der Waals surface area (Å²) in [5.74, 6) is 1.92. The van der Waals surface area contributed by atoms with E-state index in [-0.39, 0.29) is 17.0 Å². The van der Waals surface area contributed by atoms with Gasteiger partial charge in [-0.25, -0.2) is 0 Å². The van der Waals surface area contributed by atoms with Crippen LogP contribution in [0.25, 0.3) is 0 Å². The van der Waals surface area contributed by atoms with Gasteiger partial charge < -0.3 is 17.0 Å². The van der Waals surface area contributed by atoms with Crippen molar-refractivity contribution >= 4 is 17.5 Å². The smallest absolute Gasteiger partial charge is 0.360 e. The quantitative estimate of drug-likeness (QED) is 0.692. The van der Waals surface area contributed by atoms with Crippen LogP contribution in [-0.4, -0.2) is 21.7 Å². The van der Waals surface area contributed by atoms with Crippen LogP contribution in [-0.2, 0) is 6.42 Å². The molecular weight excluding hydrogens is 312 g/mol. The molecule has 18 heavy (non-hydrogen) atoms. The van der Waals surface area contributed by atoms with Gasteiger partial charge in [0.1, 0.15) is 0 Å². The molecule has 0 atom stereocenters. The van der Waals surface area contributed by atoms with E-state index in [1.165, 1.54) is 5.56 Å². The molecule has 1 aromatic carbocycles. The molecule has 0 radical (unpaired) electrons. The lowest BCUT2D eigenvalue weighted by Crippen LogP contribution is -3.00. The first-order valence-electron chi connectivity index (χ1n) is 5.64. The third-order valence-corrected chi connectivity index (χ3v) is 3.66. The van der Waals surface area contributed by atoms with Gasteiger partial charge in [0.2, 0.25) is 0 Å². The van der Waals surface area contributed by atoms with Crippen LogP contribution in [0.2, 0.25) is 0 Å². The summed E-state index contributed by atoms with van der Waals surface area (Å²) < 4.78 is 1.91. The van der Waals surface area contributed by atoms with Gasteiger partial charge in [0.25, 0.3) is 5.82 Å². The molecule has 2 aromatic rings. The van der Waals surface area contributed by atoms with Crippen LogP contribution < -0.4 is 21.7 Å². The van der Waals surface area contributed by atoms with Crippen LogP contribution in [0.15, 0.2) is 40.6 Å². The predicted molar refractivity (Wildman–Crippen MR) is 67.3 cm³/mol. The lowest BCUT2D eigenvalue weighted by atomic mass is 10.1. The zero-order valence-electron chi connectivity index (χ0n) is 9.93. The van der Waals surface area contributed by atoms with E-state index in [4.69, 9.17) is 0 Å². The molecule has 1 aliphatic heterocycles. The molecule has 0 amide bonds. The Labute approximate surface area is 120 Å². The minimum atomic E-state index is 0. The molecule has 0 spiro atoms. The predicted octanol–water partition coefficient (Wildman–Crippen LogP) is -1.38. The fourth-order valence-corrected chi connectivity index (χ4v) is 2.68. The summed E-state index contributed by atoms with van der Waals surface area (Å²) in [7, 11) is 0. The summed E-state index contributed by atoms with van der Waals surface area (Å²) in [6.45, 7) is 2.10. The molecule has 0 saturated carbocycles. The average molecular weight is 325 g/mol. The van der Waals surface area contributed by atoms with Crippen molar-refractivity contribution in [3.63, 3.8) is 0 Å². The first-order chi connectivity index (χ1) is 8.38. The second-order valence-corrected chi connectivity index (χ2v) is 4.76. The number of fused-ring (bicyclic) bond motifs is 1. The van der Waals surface area contributed by atoms with Crippen molar-refractivity contribution in [1.82, 2.24) is 10.2 Å². The SMILES string of the molecule is CCc1[nH]nc2[n+]1N=C(c1ccccc1)CS2.[Br-]. The van der Waals surface area contributed by atoms with Crippen LogP contribution in [0.5, 0.6) is 0 Å². The van der Waals surface area contributed by atoms with Crippen molar-refractivity contribution in [3.8, 4) is 0 Å². The number of aromatic nitrogens is 3. The second kappa shape index (κ2) is 5.67. The molecule has 6 heteroatoms. The van der Waals surface area contributed by atoms with Crippen molar-refractivity contribution in [2.75, 3.05) is 5.75 Å². The summed E-state index contributed by atoms with van der Waals surface area (Å²) in [4.78, 5) is 0. The van der Waals surface area contributed by atoms with E-state index in [1.54, 1.807) is 11.8 Å². The standard InChI is InChI=1S/C12H12N4S.BrH/c1-2-11-13-14-12-16(11)15-10(8-17-12)9-6-4-3-5-7-9;/h3-7H,2,8H2,1H3;1H. The lowest BCUT2D eigenvalue weighted by Gasteiger charge is -2.08. The number of H-pyrrole nitrogens is 1. The summed E-state index contributed by atoms with van der Waals surface area (Å²) in [6, 6.07) is 10.3. The van der Waals surface area contributed by atoms with Gasteiger partial charge >= 0.3 is 5.16 Å². The minimum Gasteiger partial charge on any atom is -1.00 e. The number of hydrogen-bond acceptors (Lipinski definition) is 3. The van der Waals surface area contributed by atoms with Gasteiger partial charge in [-0.2, -0.15) is 0 Å². The van der Waals surface area contributed by atoms with Crippen LogP contribution >= 0.6 is 11.8 Å². The van der Waals surface area contributed by atoms with Gasteiger partial charge in [-0.15, -0.1) is 10.2 Å². The second-order valence-electron chi connectivity index (χ2n) is 3.82. The lowest BCUT2D eigenvalue weighted by molar-refractivity contribution is -0.723. The number of aromatic amines is 1. The average Bonchev–Trinajstić information content (AvgIpc) is 2.81. The molecule has 1 aromatic heterocycles. The first-order valence-corrected chi connectivity index (χ1v) is 6.62. The highest BCUT2D eigenvalue weighted by molar-refractivity contribution is 7.99. The Morgan fingerprint density at radius 1 is 1.33 bits per heavy atom. The zero-order chi connectivity index (χ0) is 11.7. The van der Waals surface area contributed by atoms with Crippen LogP contribution in [0.1, 0.15) is 18.3 Å². The normalized spacial score (nSPS) is 13.5. The molecule has 0 saturated heterocycles. The Bertz CT molecular complexity index is 565. The molecular formula is C12H13BrN4S. The highest BCUT2D eigenvalue weighted by Crippen LogP contribution is 2.18. The number of aryl methyl sites for hydroxylation is 1. The molecule has 0 bridgehead atoms. The topological polar surface area (TPSA) is 44.9 Å². The third kappa shape index (κ3) is 2.35. The monoisotopic (exact) mass is 324 g/mol. The summed E-state index contributed by atoms with van der Waals surface area (Å²) in [6.07, 6.45) is 0.902. The molecule has 1 aliphatic rings. The molecule has 0 unspecified atom stereocenters. The van der Waals surface area contributed by atoms with Gasteiger partial charge in [-0.1, -0.05) is 41.9 Å². The van der Waals surface area contributed by atoms with Gasteiger partial charge in [0, 0.05) is 6.42 Å². The Hall–Kier alpha value is -1.14. The van der Waals surface area contributed by atoms with Crippen molar-refractivity contribution in [3.05, 3.63) is 41.7 Å². The first kappa shape index (κ1) is 13.3. The van der Waals surface area contributed by atoms with Gasteiger partial charge in [0.15, 0.2) is 0 Å². The number of nitrogens with one attached hydrogen (secondary N) is 1. The minimum absolute atomic E-state index is 0. The van der Waals surface area contributed by atoms with E-state index >= 15 is 0 Å². The van der Waals surface area contributed by atoms with Crippen molar-refractivity contribution < 1.29 is 21.7 Å². The highest BCUT2D eigenvalue weighted by atomic mass is 79.9.